The van der Waals surface area contributed by atoms with Crippen LogP contribution in [0.2, 0.25) is 5.02 Å². The second-order valence-corrected chi connectivity index (χ2v) is 11.7. The molecule has 3 unspecified atom stereocenters. The van der Waals surface area contributed by atoms with Gasteiger partial charge in [0, 0.05) is 29.8 Å². The Labute approximate surface area is 228 Å². The Morgan fingerprint density at radius 3 is 2.76 bits per heavy atom. The van der Waals surface area contributed by atoms with Crippen molar-refractivity contribution in [1.29, 1.82) is 5.26 Å². The second kappa shape index (κ2) is 11.0. The van der Waals surface area contributed by atoms with E-state index in [9.17, 15) is 19.6 Å². The Morgan fingerprint density at radius 1 is 1.26 bits per heavy atom. The summed E-state index contributed by atoms with van der Waals surface area (Å²) in [5.74, 6) is -0.0786. The number of carbonyl (C=O) groups is 3. The Bertz CT molecular complexity index is 1280. The Kier molecular flexibility index (Phi) is 7.67. The summed E-state index contributed by atoms with van der Waals surface area (Å²) in [5.41, 5.74) is 1.00. The lowest BCUT2D eigenvalue weighted by Crippen LogP contribution is -2.49. The van der Waals surface area contributed by atoms with Gasteiger partial charge in [-0.25, -0.2) is 0 Å². The molecule has 0 radical (unpaired) electrons. The smallest absolute Gasteiger partial charge is 0.271 e. The Balaban J connectivity index is 1.39. The average molecular weight is 539 g/mol. The first-order valence-corrected chi connectivity index (χ1v) is 14.1. The fraction of sp³-hybridized carbons (Fsp3) is 0.586. The molecule has 38 heavy (non-hydrogen) atoms. The predicted molar refractivity (Wildman–Crippen MR) is 144 cm³/mol. The number of hydrogen-bond donors (Lipinski definition) is 2. The van der Waals surface area contributed by atoms with Crippen LogP contribution >= 0.6 is 11.6 Å². The van der Waals surface area contributed by atoms with Gasteiger partial charge in [0.2, 0.25) is 5.91 Å². The maximum Gasteiger partial charge on any atom is 0.271 e. The molecule has 1 aromatic carbocycles. The molecule has 2 heterocycles. The topological polar surface area (TPSA) is 115 Å². The van der Waals surface area contributed by atoms with Crippen molar-refractivity contribution in [2.45, 2.75) is 82.7 Å². The summed E-state index contributed by atoms with van der Waals surface area (Å²) < 4.78 is 5.46. The first kappa shape index (κ1) is 26.6. The lowest BCUT2D eigenvalue weighted by atomic mass is 9.72. The number of H-pyrrole nitrogens is 1. The first-order chi connectivity index (χ1) is 18.3. The number of ether oxygens (including phenoxy) is 1. The van der Waals surface area contributed by atoms with Crippen LogP contribution in [0.15, 0.2) is 18.2 Å². The highest BCUT2D eigenvalue weighted by molar-refractivity contribution is 6.33. The summed E-state index contributed by atoms with van der Waals surface area (Å²) in [7, 11) is 1.54. The number of ketones is 1. The van der Waals surface area contributed by atoms with Crippen molar-refractivity contribution < 1.29 is 19.1 Å². The minimum atomic E-state index is -0.756. The van der Waals surface area contributed by atoms with Crippen molar-refractivity contribution in [2.24, 2.45) is 11.3 Å². The largest absolute Gasteiger partial charge is 0.494 e. The molecule has 9 heteroatoms. The number of nitriles is 1. The van der Waals surface area contributed by atoms with E-state index < -0.39 is 12.1 Å². The van der Waals surface area contributed by atoms with E-state index in [-0.39, 0.29) is 28.9 Å². The van der Waals surface area contributed by atoms with Crippen LogP contribution in [0.3, 0.4) is 0 Å². The molecule has 2 saturated carbocycles. The molecule has 202 valence electrons. The molecule has 3 aliphatic rings. The van der Waals surface area contributed by atoms with Gasteiger partial charge in [-0.05, 0) is 62.1 Å². The SMILES string of the molecule is COc1c(Cl)ccc2[nH]c(C(=O)N3CC4(CCCCC4)CC3C(=O)NC(C#N)CC3CCCCC3=O)cc12. The van der Waals surface area contributed by atoms with Crippen molar-refractivity contribution in [1.82, 2.24) is 15.2 Å². The number of likely N-dealkylation sites (tertiary alicyclic amines) is 1. The van der Waals surface area contributed by atoms with Crippen LogP contribution in [-0.2, 0) is 9.59 Å². The number of nitrogens with one attached hydrogen (secondary N) is 2. The standard InChI is InChI=1S/C29H35ClN4O4/c1-38-26-20-14-23(33-22(20)10-9-21(26)30)28(37)34-17-29(11-5-2-6-12-29)15-24(34)27(36)32-19(16-31)13-18-7-3-4-8-25(18)35/h9-10,14,18-19,24,33H,2-8,11-13,15,17H2,1H3,(H,32,36). The molecule has 8 nitrogen and oxygen atoms in total. The van der Waals surface area contributed by atoms with E-state index in [4.69, 9.17) is 16.3 Å². The van der Waals surface area contributed by atoms with Gasteiger partial charge in [-0.15, -0.1) is 0 Å². The van der Waals surface area contributed by atoms with Crippen LogP contribution in [0.4, 0.5) is 0 Å². The third-order valence-electron chi connectivity index (χ3n) is 8.80. The van der Waals surface area contributed by atoms with E-state index in [0.717, 1.165) is 50.5 Å². The van der Waals surface area contributed by atoms with Gasteiger partial charge in [0.15, 0.2) is 0 Å². The van der Waals surface area contributed by atoms with Crippen molar-refractivity contribution in [3.63, 3.8) is 0 Å². The van der Waals surface area contributed by atoms with Crippen molar-refractivity contribution in [2.75, 3.05) is 13.7 Å². The van der Waals surface area contributed by atoms with Crippen LogP contribution in [0, 0.1) is 22.7 Å². The van der Waals surface area contributed by atoms with Crippen molar-refractivity contribution in [3.8, 4) is 11.8 Å². The molecule has 3 fully saturated rings. The van der Waals surface area contributed by atoms with Gasteiger partial charge in [-0.2, -0.15) is 5.26 Å². The molecule has 1 saturated heterocycles. The fourth-order valence-corrected chi connectivity index (χ4v) is 7.04. The average Bonchev–Trinajstić information content (AvgIpc) is 3.52. The maximum absolute atomic E-state index is 13.9. The lowest BCUT2D eigenvalue weighted by Gasteiger charge is -2.32. The Hall–Kier alpha value is -3.05. The molecule has 0 bridgehead atoms. The van der Waals surface area contributed by atoms with Gasteiger partial charge in [0.05, 0.1) is 18.2 Å². The monoisotopic (exact) mass is 538 g/mol. The summed E-state index contributed by atoms with van der Waals surface area (Å²) in [6.45, 7) is 0.509. The summed E-state index contributed by atoms with van der Waals surface area (Å²) >= 11 is 6.29. The fourth-order valence-electron chi connectivity index (χ4n) is 6.80. The summed E-state index contributed by atoms with van der Waals surface area (Å²) in [5, 5.41) is 13.9. The summed E-state index contributed by atoms with van der Waals surface area (Å²) in [6.07, 6.45) is 9.39. The second-order valence-electron chi connectivity index (χ2n) is 11.3. The zero-order valence-electron chi connectivity index (χ0n) is 21.9. The van der Waals surface area contributed by atoms with Crippen LogP contribution in [0.5, 0.6) is 5.75 Å². The Morgan fingerprint density at radius 2 is 2.05 bits per heavy atom. The zero-order valence-corrected chi connectivity index (χ0v) is 22.6. The number of amides is 2. The van der Waals surface area contributed by atoms with Crippen LogP contribution in [-0.4, -0.2) is 53.2 Å². The molecule has 1 spiro atoms. The van der Waals surface area contributed by atoms with E-state index in [1.54, 1.807) is 23.1 Å². The van der Waals surface area contributed by atoms with Gasteiger partial charge in [-0.1, -0.05) is 37.3 Å². The van der Waals surface area contributed by atoms with Gasteiger partial charge in [0.1, 0.15) is 29.3 Å². The highest BCUT2D eigenvalue weighted by atomic mass is 35.5. The molecule has 1 aromatic heterocycles. The number of aromatic nitrogens is 1. The molecule has 2 aromatic rings. The van der Waals surface area contributed by atoms with E-state index in [2.05, 4.69) is 16.4 Å². The number of halogens is 1. The van der Waals surface area contributed by atoms with E-state index in [0.29, 0.717) is 47.7 Å². The number of Topliss-reactive ketones (excluding diaryl/α,β-unsaturated/α-hetero) is 1. The van der Waals surface area contributed by atoms with E-state index >= 15 is 0 Å². The van der Waals surface area contributed by atoms with Gasteiger partial charge in [0.25, 0.3) is 5.91 Å². The first-order valence-electron chi connectivity index (χ1n) is 13.7. The molecule has 3 atom stereocenters. The number of carbonyl (C=O) groups excluding carboxylic acids is 3. The number of rotatable bonds is 6. The molecular formula is C29H35ClN4O4. The minimum Gasteiger partial charge on any atom is -0.494 e. The molecule has 2 amide bonds. The highest BCUT2D eigenvalue weighted by Gasteiger charge is 2.49. The minimum absolute atomic E-state index is 0.0929. The third-order valence-corrected chi connectivity index (χ3v) is 9.10. The van der Waals surface area contributed by atoms with E-state index in [1.807, 2.05) is 0 Å². The van der Waals surface area contributed by atoms with E-state index in [1.165, 1.54) is 13.5 Å². The number of nitrogens with zero attached hydrogens (tertiary/aromatic N) is 2. The van der Waals surface area contributed by atoms with Crippen LogP contribution in [0.25, 0.3) is 10.9 Å². The van der Waals surface area contributed by atoms with Crippen LogP contribution in [0.1, 0.15) is 81.1 Å². The van der Waals surface area contributed by atoms with Gasteiger partial charge >= 0.3 is 0 Å². The van der Waals surface area contributed by atoms with Crippen molar-refractivity contribution in [3.05, 3.63) is 28.9 Å². The van der Waals surface area contributed by atoms with Gasteiger partial charge in [-0.3, -0.25) is 14.4 Å². The number of aromatic amines is 1. The zero-order chi connectivity index (χ0) is 26.9. The molecule has 5 rings (SSSR count). The van der Waals surface area contributed by atoms with Crippen LogP contribution < -0.4 is 10.1 Å². The molecule has 2 N–H and O–H groups in total. The number of benzene rings is 1. The number of hydrogen-bond acceptors (Lipinski definition) is 5. The normalized spacial score (nSPS) is 23.8. The number of methoxy groups -OCH3 is 1. The molecule has 1 aliphatic heterocycles. The van der Waals surface area contributed by atoms with Gasteiger partial charge < -0.3 is 19.9 Å². The summed E-state index contributed by atoms with van der Waals surface area (Å²) in [4.78, 5) is 44.7. The molecular weight excluding hydrogens is 504 g/mol. The number of fused-ring (bicyclic) bond motifs is 1. The maximum atomic E-state index is 13.9. The summed E-state index contributed by atoms with van der Waals surface area (Å²) in [6, 6.07) is 6.01. The van der Waals surface area contributed by atoms with Crippen molar-refractivity contribution >= 4 is 40.1 Å². The quantitative estimate of drug-likeness (QED) is 0.527. The predicted octanol–water partition coefficient (Wildman–Crippen LogP) is 5.15. The lowest BCUT2D eigenvalue weighted by molar-refractivity contribution is -0.127. The third kappa shape index (κ3) is 5.13. The highest BCUT2D eigenvalue weighted by Crippen LogP contribution is 2.47. The molecule has 2 aliphatic carbocycles.